The Hall–Kier alpha value is -3.80. The van der Waals surface area contributed by atoms with Gasteiger partial charge in [0.25, 0.3) is 0 Å². The Morgan fingerprint density at radius 3 is 1.25 bits per heavy atom. The van der Waals surface area contributed by atoms with Crippen LogP contribution in [0.15, 0.2) is 84.9 Å². The van der Waals surface area contributed by atoms with E-state index in [0.29, 0.717) is 26.2 Å². The molecular formula is C38H50N4O2. The molecular weight excluding hydrogens is 544 g/mol. The average molecular weight is 595 g/mol. The third-order valence-electron chi connectivity index (χ3n) is 9.32. The van der Waals surface area contributed by atoms with Gasteiger partial charge < -0.3 is 20.4 Å². The molecule has 2 saturated carbocycles. The molecule has 44 heavy (non-hydrogen) atoms. The fraction of sp³-hybridized carbons (Fsp3) is 0.474. The molecule has 2 N–H and O–H groups in total. The molecule has 0 heterocycles. The Labute approximate surface area is 264 Å². The number of carbonyl (C=O) groups excluding carboxylic acids is 2. The van der Waals surface area contributed by atoms with Crippen molar-refractivity contribution in [3.8, 4) is 0 Å². The quantitative estimate of drug-likeness (QED) is 0.231. The molecule has 0 aliphatic heterocycles. The molecule has 0 radical (unpaired) electrons. The van der Waals surface area contributed by atoms with Crippen molar-refractivity contribution < 1.29 is 9.59 Å². The maximum Gasteiger partial charge on any atom is 0.318 e. The predicted octanol–water partition coefficient (Wildman–Crippen LogP) is 8.56. The summed E-state index contributed by atoms with van der Waals surface area (Å²) in [5.41, 5.74) is 4.44. The molecule has 4 amide bonds. The van der Waals surface area contributed by atoms with Crippen LogP contribution in [0.4, 0.5) is 9.59 Å². The summed E-state index contributed by atoms with van der Waals surface area (Å²) >= 11 is 0. The monoisotopic (exact) mass is 594 g/mol. The maximum atomic E-state index is 13.7. The van der Waals surface area contributed by atoms with Gasteiger partial charge >= 0.3 is 12.1 Å². The molecule has 3 aromatic carbocycles. The minimum Gasteiger partial charge on any atom is -0.334 e. The van der Waals surface area contributed by atoms with Crippen LogP contribution in [-0.2, 0) is 26.2 Å². The second-order valence-electron chi connectivity index (χ2n) is 12.7. The summed E-state index contributed by atoms with van der Waals surface area (Å²) in [5.74, 6) is 0. The van der Waals surface area contributed by atoms with Crippen LogP contribution in [0.5, 0.6) is 0 Å². The molecule has 0 unspecified atom stereocenters. The lowest BCUT2D eigenvalue weighted by Gasteiger charge is -2.33. The van der Waals surface area contributed by atoms with Crippen LogP contribution in [0.25, 0.3) is 0 Å². The second kappa shape index (κ2) is 16.9. The lowest BCUT2D eigenvalue weighted by molar-refractivity contribution is 0.161. The highest BCUT2D eigenvalue weighted by Gasteiger charge is 2.27. The van der Waals surface area contributed by atoms with Crippen LogP contribution in [0.3, 0.4) is 0 Å². The van der Waals surface area contributed by atoms with Crippen LogP contribution in [0.1, 0.15) is 99.3 Å². The number of hydrogen-bond donors (Lipinski definition) is 2. The van der Waals surface area contributed by atoms with Gasteiger partial charge in [0.2, 0.25) is 0 Å². The number of carbonyl (C=O) groups is 2. The summed E-state index contributed by atoms with van der Waals surface area (Å²) in [6, 6.07) is 29.3. The summed E-state index contributed by atoms with van der Waals surface area (Å²) in [7, 11) is 0. The van der Waals surface area contributed by atoms with E-state index in [1.54, 1.807) is 0 Å². The summed E-state index contributed by atoms with van der Waals surface area (Å²) in [6.07, 6.45) is 13.9. The second-order valence-corrected chi connectivity index (χ2v) is 12.7. The van der Waals surface area contributed by atoms with Crippen molar-refractivity contribution in [2.45, 2.75) is 115 Å². The van der Waals surface area contributed by atoms with Crippen molar-refractivity contribution in [1.29, 1.82) is 0 Å². The summed E-state index contributed by atoms with van der Waals surface area (Å²) in [5, 5.41) is 6.40. The number of nitrogens with one attached hydrogen (secondary N) is 2. The van der Waals surface area contributed by atoms with E-state index >= 15 is 0 Å². The highest BCUT2D eigenvalue weighted by Crippen LogP contribution is 2.26. The SMILES string of the molecule is O=C(NCc1ccccc1)N(Cc1cccc(CN(C(=O)NCc2ccccc2)C2CCCCCC2)c1)C1CCCCCC1. The number of benzene rings is 3. The summed E-state index contributed by atoms with van der Waals surface area (Å²) in [6.45, 7) is 2.19. The standard InChI is InChI=1S/C38H50N4O2/c43-37(39-27-31-16-7-5-8-17-31)41(35-22-11-1-2-12-23-35)29-33-20-15-21-34(26-33)30-42(36-24-13-3-4-14-25-36)38(44)40-28-32-18-9-6-10-19-32/h5-10,15-21,26,35-36H,1-4,11-14,22-25,27-30H2,(H,39,43)(H,40,44). The molecule has 2 fully saturated rings. The van der Waals surface area contributed by atoms with E-state index in [2.05, 4.69) is 69.0 Å². The Bertz CT molecular complexity index is 1190. The van der Waals surface area contributed by atoms with Gasteiger partial charge in [-0.1, -0.05) is 136 Å². The van der Waals surface area contributed by atoms with E-state index in [4.69, 9.17) is 0 Å². The van der Waals surface area contributed by atoms with E-state index < -0.39 is 0 Å². The van der Waals surface area contributed by atoms with Crippen LogP contribution in [0, 0.1) is 0 Å². The first-order chi connectivity index (χ1) is 21.7. The molecule has 0 aromatic heterocycles. The molecule has 6 heteroatoms. The molecule has 0 spiro atoms. The molecule has 2 aliphatic rings. The zero-order chi connectivity index (χ0) is 30.4. The van der Waals surface area contributed by atoms with E-state index in [9.17, 15) is 9.59 Å². The Balaban J connectivity index is 1.30. The first kappa shape index (κ1) is 31.6. The van der Waals surface area contributed by atoms with Gasteiger partial charge in [0.15, 0.2) is 0 Å². The molecule has 5 rings (SSSR count). The third-order valence-corrected chi connectivity index (χ3v) is 9.32. The molecule has 0 bridgehead atoms. The Kier molecular flexibility index (Phi) is 12.1. The lowest BCUT2D eigenvalue weighted by atomic mass is 10.0. The Morgan fingerprint density at radius 1 is 0.500 bits per heavy atom. The fourth-order valence-electron chi connectivity index (χ4n) is 6.84. The van der Waals surface area contributed by atoms with Crippen LogP contribution < -0.4 is 10.6 Å². The first-order valence-corrected chi connectivity index (χ1v) is 16.9. The predicted molar refractivity (Wildman–Crippen MR) is 178 cm³/mol. The van der Waals surface area contributed by atoms with Crippen molar-refractivity contribution >= 4 is 12.1 Å². The molecule has 6 nitrogen and oxygen atoms in total. The van der Waals surface area contributed by atoms with Gasteiger partial charge in [-0.3, -0.25) is 0 Å². The van der Waals surface area contributed by atoms with Gasteiger partial charge in [-0.2, -0.15) is 0 Å². The van der Waals surface area contributed by atoms with Gasteiger partial charge in [0.1, 0.15) is 0 Å². The number of urea groups is 2. The molecule has 2 aliphatic carbocycles. The zero-order valence-corrected chi connectivity index (χ0v) is 26.3. The van der Waals surface area contributed by atoms with Crippen molar-refractivity contribution in [3.63, 3.8) is 0 Å². The highest BCUT2D eigenvalue weighted by molar-refractivity contribution is 5.75. The summed E-state index contributed by atoms with van der Waals surface area (Å²) < 4.78 is 0. The van der Waals surface area contributed by atoms with E-state index in [-0.39, 0.29) is 24.1 Å². The lowest BCUT2D eigenvalue weighted by Crippen LogP contribution is -2.45. The smallest absolute Gasteiger partial charge is 0.318 e. The first-order valence-electron chi connectivity index (χ1n) is 16.9. The minimum atomic E-state index is 0.00604. The minimum absolute atomic E-state index is 0.00604. The number of hydrogen-bond acceptors (Lipinski definition) is 2. The Morgan fingerprint density at radius 2 is 0.864 bits per heavy atom. The molecule has 234 valence electrons. The fourth-order valence-corrected chi connectivity index (χ4v) is 6.84. The summed E-state index contributed by atoms with van der Waals surface area (Å²) in [4.78, 5) is 31.5. The van der Waals surface area contributed by atoms with Gasteiger partial charge in [0, 0.05) is 38.3 Å². The average Bonchev–Trinajstić information content (AvgIpc) is 3.51. The van der Waals surface area contributed by atoms with Gasteiger partial charge in [-0.15, -0.1) is 0 Å². The zero-order valence-electron chi connectivity index (χ0n) is 26.3. The van der Waals surface area contributed by atoms with Gasteiger partial charge in [-0.05, 0) is 47.9 Å². The van der Waals surface area contributed by atoms with Crippen LogP contribution >= 0.6 is 0 Å². The van der Waals surface area contributed by atoms with Crippen LogP contribution in [0.2, 0.25) is 0 Å². The van der Waals surface area contributed by atoms with Crippen molar-refractivity contribution in [1.82, 2.24) is 20.4 Å². The topological polar surface area (TPSA) is 64.7 Å². The number of nitrogens with zero attached hydrogens (tertiary/aromatic N) is 2. The highest BCUT2D eigenvalue weighted by atomic mass is 16.2. The molecule has 0 saturated heterocycles. The van der Waals surface area contributed by atoms with E-state index in [1.807, 2.05) is 36.4 Å². The number of amides is 4. The van der Waals surface area contributed by atoms with E-state index in [0.717, 1.165) is 47.9 Å². The van der Waals surface area contributed by atoms with Crippen LogP contribution in [-0.4, -0.2) is 33.9 Å². The maximum absolute atomic E-state index is 13.7. The van der Waals surface area contributed by atoms with Crippen molar-refractivity contribution in [2.75, 3.05) is 0 Å². The van der Waals surface area contributed by atoms with Gasteiger partial charge in [0.05, 0.1) is 0 Å². The van der Waals surface area contributed by atoms with Gasteiger partial charge in [-0.25, -0.2) is 9.59 Å². The number of rotatable bonds is 10. The van der Waals surface area contributed by atoms with E-state index in [1.165, 1.54) is 51.4 Å². The third kappa shape index (κ3) is 9.60. The van der Waals surface area contributed by atoms with Crippen molar-refractivity contribution in [2.24, 2.45) is 0 Å². The normalized spacial score (nSPS) is 16.4. The molecule has 0 atom stereocenters. The largest absolute Gasteiger partial charge is 0.334 e. The molecule has 3 aromatic rings. The van der Waals surface area contributed by atoms with Crippen molar-refractivity contribution in [3.05, 3.63) is 107 Å².